The highest BCUT2D eigenvalue weighted by Crippen LogP contribution is 2.24. The molecule has 0 radical (unpaired) electrons. The normalized spacial score (nSPS) is 16.2. The molecular formula is C14H20FN3O. The number of rotatable bonds is 3. The molecule has 0 unspecified atom stereocenters. The van der Waals surface area contributed by atoms with Crippen LogP contribution >= 0.6 is 0 Å². The van der Waals surface area contributed by atoms with Crippen LogP contribution in [0.4, 0.5) is 10.2 Å². The van der Waals surface area contributed by atoms with Crippen molar-refractivity contribution in [3.63, 3.8) is 0 Å². The Kier molecular flexibility index (Phi) is 4.35. The maximum absolute atomic E-state index is 14.1. The molecule has 5 heteroatoms. The van der Waals surface area contributed by atoms with E-state index < -0.39 is 5.82 Å². The molecule has 0 atom stereocenters. The van der Waals surface area contributed by atoms with Gasteiger partial charge in [-0.15, -0.1) is 0 Å². The van der Waals surface area contributed by atoms with E-state index in [1.807, 2.05) is 0 Å². The number of nitrogens with zero attached hydrogens (tertiary/aromatic N) is 2. The zero-order chi connectivity index (χ0) is 13.8. The summed E-state index contributed by atoms with van der Waals surface area (Å²) in [4.78, 5) is 17.9. The predicted molar refractivity (Wildman–Crippen MR) is 72.7 cm³/mol. The molecule has 1 N–H and O–H groups in total. The number of hydrogen-bond acceptors (Lipinski definition) is 3. The van der Waals surface area contributed by atoms with Crippen molar-refractivity contribution in [1.82, 2.24) is 9.88 Å². The number of carbonyl (C=O) groups is 1. The maximum Gasteiger partial charge on any atom is 0.257 e. The van der Waals surface area contributed by atoms with Gasteiger partial charge in [-0.2, -0.15) is 0 Å². The molecule has 1 aromatic rings. The summed E-state index contributed by atoms with van der Waals surface area (Å²) in [5, 5.41) is 2.65. The molecule has 1 aliphatic rings. The molecule has 0 saturated heterocycles. The van der Waals surface area contributed by atoms with Gasteiger partial charge in [-0.3, -0.25) is 4.79 Å². The Labute approximate surface area is 113 Å². The van der Waals surface area contributed by atoms with Crippen LogP contribution in [0.3, 0.4) is 0 Å². The van der Waals surface area contributed by atoms with Crippen LogP contribution in [0.1, 0.15) is 42.5 Å². The van der Waals surface area contributed by atoms with Crippen molar-refractivity contribution in [2.75, 3.05) is 19.4 Å². The lowest BCUT2D eigenvalue weighted by molar-refractivity contribution is 0.0691. The van der Waals surface area contributed by atoms with Gasteiger partial charge < -0.3 is 10.2 Å². The van der Waals surface area contributed by atoms with Gasteiger partial charge in [0.25, 0.3) is 5.91 Å². The molecule has 0 aromatic carbocycles. The van der Waals surface area contributed by atoms with Crippen molar-refractivity contribution >= 4 is 11.7 Å². The number of hydrogen-bond donors (Lipinski definition) is 1. The van der Waals surface area contributed by atoms with Gasteiger partial charge in [0.15, 0.2) is 11.6 Å². The van der Waals surface area contributed by atoms with E-state index in [-0.39, 0.29) is 23.3 Å². The van der Waals surface area contributed by atoms with Crippen LogP contribution in [0.2, 0.25) is 0 Å². The largest absolute Gasteiger partial charge is 0.371 e. The first kappa shape index (κ1) is 13.8. The number of amides is 1. The molecule has 1 heterocycles. The Balaban J connectivity index is 2.18. The second-order valence-corrected chi connectivity index (χ2v) is 4.98. The van der Waals surface area contributed by atoms with Crippen LogP contribution in [-0.4, -0.2) is 35.9 Å². The van der Waals surface area contributed by atoms with Gasteiger partial charge in [0.2, 0.25) is 0 Å². The molecule has 19 heavy (non-hydrogen) atoms. The lowest BCUT2D eigenvalue weighted by atomic mass is 9.94. The minimum Gasteiger partial charge on any atom is -0.371 e. The maximum atomic E-state index is 14.1. The molecule has 0 spiro atoms. The summed E-state index contributed by atoms with van der Waals surface area (Å²) in [6.45, 7) is 0. The molecule has 1 aromatic heterocycles. The molecule has 0 bridgehead atoms. The van der Waals surface area contributed by atoms with E-state index in [0.29, 0.717) is 0 Å². The third-order valence-electron chi connectivity index (χ3n) is 3.80. The minimum absolute atomic E-state index is 0.0902. The molecule has 104 valence electrons. The van der Waals surface area contributed by atoms with Crippen LogP contribution in [-0.2, 0) is 0 Å². The van der Waals surface area contributed by atoms with Crippen molar-refractivity contribution in [2.24, 2.45) is 0 Å². The number of aromatic nitrogens is 1. The molecule has 1 amide bonds. The van der Waals surface area contributed by atoms with Crippen molar-refractivity contribution < 1.29 is 9.18 Å². The highest BCUT2D eigenvalue weighted by atomic mass is 19.1. The lowest BCUT2D eigenvalue weighted by Gasteiger charge is -2.31. The fourth-order valence-electron chi connectivity index (χ4n) is 2.61. The number of pyridine rings is 1. The van der Waals surface area contributed by atoms with Crippen LogP contribution in [0.25, 0.3) is 0 Å². The van der Waals surface area contributed by atoms with Crippen molar-refractivity contribution in [3.8, 4) is 0 Å². The van der Waals surface area contributed by atoms with Crippen LogP contribution in [0.15, 0.2) is 12.3 Å². The van der Waals surface area contributed by atoms with Gasteiger partial charge in [-0.25, -0.2) is 9.37 Å². The SMILES string of the molecule is CNc1nccc(C(=O)N(C)C2CCCCC2)c1F. The highest BCUT2D eigenvalue weighted by molar-refractivity contribution is 5.95. The van der Waals surface area contributed by atoms with Gasteiger partial charge in [-0.05, 0) is 18.9 Å². The van der Waals surface area contributed by atoms with Gasteiger partial charge >= 0.3 is 0 Å². The topological polar surface area (TPSA) is 45.2 Å². The zero-order valence-electron chi connectivity index (χ0n) is 11.4. The monoisotopic (exact) mass is 265 g/mol. The standard InChI is InChI=1S/C14H20FN3O/c1-16-13-12(15)11(8-9-17-13)14(19)18(2)10-6-4-3-5-7-10/h8-10H,3-7H2,1-2H3,(H,16,17). The fourth-order valence-corrected chi connectivity index (χ4v) is 2.61. The number of halogens is 1. The third kappa shape index (κ3) is 2.85. The number of carbonyl (C=O) groups excluding carboxylic acids is 1. The fraction of sp³-hybridized carbons (Fsp3) is 0.571. The van der Waals surface area contributed by atoms with Gasteiger partial charge in [0, 0.05) is 26.3 Å². The summed E-state index contributed by atoms with van der Waals surface area (Å²) in [6.07, 6.45) is 6.98. The first-order chi connectivity index (χ1) is 9.15. The van der Waals surface area contributed by atoms with E-state index in [9.17, 15) is 9.18 Å². The second kappa shape index (κ2) is 5.99. The van der Waals surface area contributed by atoms with E-state index in [1.165, 1.54) is 18.7 Å². The molecular weight excluding hydrogens is 245 g/mol. The second-order valence-electron chi connectivity index (χ2n) is 4.98. The summed E-state index contributed by atoms with van der Waals surface area (Å²) < 4.78 is 14.1. The van der Waals surface area contributed by atoms with Gasteiger partial charge in [-0.1, -0.05) is 19.3 Å². The van der Waals surface area contributed by atoms with E-state index >= 15 is 0 Å². The van der Waals surface area contributed by atoms with Crippen LogP contribution in [0.5, 0.6) is 0 Å². The van der Waals surface area contributed by atoms with Gasteiger partial charge in [0.05, 0.1) is 5.56 Å². The van der Waals surface area contributed by atoms with Crippen LogP contribution < -0.4 is 5.32 Å². The first-order valence-corrected chi connectivity index (χ1v) is 6.74. The average Bonchev–Trinajstić information content (AvgIpc) is 2.47. The Morgan fingerprint density at radius 3 is 2.74 bits per heavy atom. The minimum atomic E-state index is -0.572. The zero-order valence-corrected chi connectivity index (χ0v) is 11.4. The third-order valence-corrected chi connectivity index (χ3v) is 3.80. The number of nitrogens with one attached hydrogen (secondary N) is 1. The molecule has 0 aliphatic heterocycles. The summed E-state index contributed by atoms with van der Waals surface area (Å²) in [5.41, 5.74) is 0.0902. The van der Waals surface area contributed by atoms with E-state index in [4.69, 9.17) is 0 Å². The van der Waals surface area contributed by atoms with Crippen molar-refractivity contribution in [1.29, 1.82) is 0 Å². The lowest BCUT2D eigenvalue weighted by Crippen LogP contribution is -2.38. The van der Waals surface area contributed by atoms with E-state index in [2.05, 4.69) is 10.3 Å². The first-order valence-electron chi connectivity index (χ1n) is 6.74. The summed E-state index contributed by atoms with van der Waals surface area (Å²) in [7, 11) is 3.35. The predicted octanol–water partition coefficient (Wildman–Crippen LogP) is 2.67. The summed E-state index contributed by atoms with van der Waals surface area (Å²) in [6, 6.07) is 1.67. The van der Waals surface area contributed by atoms with E-state index in [1.54, 1.807) is 19.0 Å². The Morgan fingerprint density at radius 2 is 2.11 bits per heavy atom. The van der Waals surface area contributed by atoms with Gasteiger partial charge in [0.1, 0.15) is 0 Å². The quantitative estimate of drug-likeness (QED) is 0.914. The Morgan fingerprint density at radius 1 is 1.42 bits per heavy atom. The Hall–Kier alpha value is -1.65. The highest BCUT2D eigenvalue weighted by Gasteiger charge is 2.25. The smallest absolute Gasteiger partial charge is 0.257 e. The molecule has 1 fully saturated rings. The number of anilines is 1. The molecule has 1 saturated carbocycles. The van der Waals surface area contributed by atoms with Crippen molar-refractivity contribution in [3.05, 3.63) is 23.6 Å². The average molecular weight is 265 g/mol. The molecule has 2 rings (SSSR count). The summed E-state index contributed by atoms with van der Waals surface area (Å²) >= 11 is 0. The Bertz CT molecular complexity index is 458. The molecule has 4 nitrogen and oxygen atoms in total. The van der Waals surface area contributed by atoms with Crippen LogP contribution in [0, 0.1) is 5.82 Å². The van der Waals surface area contributed by atoms with Crippen molar-refractivity contribution in [2.45, 2.75) is 38.1 Å². The molecule has 1 aliphatic carbocycles. The van der Waals surface area contributed by atoms with E-state index in [0.717, 1.165) is 25.7 Å². The summed E-state index contributed by atoms with van der Waals surface area (Å²) in [5.74, 6) is -0.719.